The van der Waals surface area contributed by atoms with Gasteiger partial charge in [0, 0.05) is 38.1 Å². The van der Waals surface area contributed by atoms with Crippen LogP contribution in [-0.4, -0.2) is 52.4 Å². The summed E-state index contributed by atoms with van der Waals surface area (Å²) in [6.45, 7) is 9.15. The number of rotatable bonds is 5. The number of aliphatic hydroxyl groups is 1. The molecule has 2 N–H and O–H groups in total. The van der Waals surface area contributed by atoms with Crippen molar-refractivity contribution in [2.24, 2.45) is 5.92 Å². The number of nitrogens with zero attached hydrogens (tertiary/aromatic N) is 2. The third-order valence-corrected chi connectivity index (χ3v) is 4.35. The normalized spacial score (nSPS) is 21.1. The molecular formula is C19H31N3O3. The van der Waals surface area contributed by atoms with E-state index < -0.39 is 5.60 Å². The summed E-state index contributed by atoms with van der Waals surface area (Å²) < 4.78 is 5.51. The first-order valence-corrected chi connectivity index (χ1v) is 9.05. The lowest BCUT2D eigenvalue weighted by Gasteiger charge is -2.39. The molecule has 140 valence electrons. The van der Waals surface area contributed by atoms with E-state index in [0.29, 0.717) is 13.1 Å². The van der Waals surface area contributed by atoms with Crippen LogP contribution in [0.2, 0.25) is 0 Å². The smallest absolute Gasteiger partial charge is 0.410 e. The van der Waals surface area contributed by atoms with E-state index in [0.717, 1.165) is 30.5 Å². The fraction of sp³-hybridized carbons (Fsp3) is 0.684. The summed E-state index contributed by atoms with van der Waals surface area (Å²) in [7, 11) is 0. The van der Waals surface area contributed by atoms with E-state index in [9.17, 15) is 9.90 Å². The number of carbonyl (C=O) groups excluding carboxylic acids is 1. The number of aryl methyl sites for hydroxylation is 1. The van der Waals surface area contributed by atoms with Crippen LogP contribution in [0.15, 0.2) is 18.5 Å². The fourth-order valence-corrected chi connectivity index (χ4v) is 3.21. The lowest BCUT2D eigenvalue weighted by Crippen LogP contribution is -2.49. The number of anilines is 1. The average molecular weight is 349 g/mol. The molecule has 1 aromatic heterocycles. The highest BCUT2D eigenvalue weighted by Crippen LogP contribution is 2.26. The van der Waals surface area contributed by atoms with Crippen molar-refractivity contribution in [3.8, 4) is 0 Å². The van der Waals surface area contributed by atoms with Gasteiger partial charge in [-0.15, -0.1) is 0 Å². The molecule has 0 bridgehead atoms. The van der Waals surface area contributed by atoms with Crippen LogP contribution in [-0.2, 0) is 4.74 Å². The maximum absolute atomic E-state index is 12.4. The number of ether oxygens (including phenoxy) is 1. The van der Waals surface area contributed by atoms with Gasteiger partial charge < -0.3 is 20.1 Å². The Balaban J connectivity index is 2.02. The minimum absolute atomic E-state index is 0.168. The number of piperidine rings is 1. The molecule has 6 nitrogen and oxygen atoms in total. The highest BCUT2D eigenvalue weighted by atomic mass is 16.6. The highest BCUT2D eigenvalue weighted by Gasteiger charge is 2.33. The molecule has 0 spiro atoms. The van der Waals surface area contributed by atoms with Crippen LogP contribution < -0.4 is 5.32 Å². The summed E-state index contributed by atoms with van der Waals surface area (Å²) in [5.41, 5.74) is 1.63. The number of pyridine rings is 1. The molecule has 0 aliphatic carbocycles. The highest BCUT2D eigenvalue weighted by molar-refractivity contribution is 5.68. The molecule has 1 aliphatic heterocycles. The molecule has 1 aromatic rings. The molecule has 0 aromatic carbocycles. The summed E-state index contributed by atoms with van der Waals surface area (Å²) in [5, 5.41) is 12.8. The molecular weight excluding hydrogens is 318 g/mol. The molecule has 1 saturated heterocycles. The van der Waals surface area contributed by atoms with E-state index in [4.69, 9.17) is 4.74 Å². The number of aromatic nitrogens is 1. The lowest BCUT2D eigenvalue weighted by atomic mass is 9.88. The topological polar surface area (TPSA) is 74.7 Å². The van der Waals surface area contributed by atoms with Gasteiger partial charge in [-0.3, -0.25) is 4.98 Å². The van der Waals surface area contributed by atoms with Crippen molar-refractivity contribution in [3.63, 3.8) is 0 Å². The number of likely N-dealkylation sites (tertiary alicyclic amines) is 1. The Bertz CT molecular complexity index is 571. The second-order valence-corrected chi connectivity index (χ2v) is 7.84. The zero-order chi connectivity index (χ0) is 18.4. The van der Waals surface area contributed by atoms with Gasteiger partial charge in [0.1, 0.15) is 5.60 Å². The van der Waals surface area contributed by atoms with Crippen molar-refractivity contribution >= 4 is 11.8 Å². The lowest BCUT2D eigenvalue weighted by molar-refractivity contribution is 0.0147. The second-order valence-electron chi connectivity index (χ2n) is 7.84. The third-order valence-electron chi connectivity index (χ3n) is 4.35. The Morgan fingerprint density at radius 2 is 2.20 bits per heavy atom. The van der Waals surface area contributed by atoms with Gasteiger partial charge in [0.15, 0.2) is 0 Å². The van der Waals surface area contributed by atoms with E-state index in [1.165, 1.54) is 0 Å². The Hall–Kier alpha value is -1.82. The van der Waals surface area contributed by atoms with E-state index in [2.05, 4.69) is 16.4 Å². The average Bonchev–Trinajstić information content (AvgIpc) is 2.52. The second kappa shape index (κ2) is 8.52. The largest absolute Gasteiger partial charge is 0.444 e. The molecule has 25 heavy (non-hydrogen) atoms. The molecule has 0 radical (unpaired) electrons. The van der Waals surface area contributed by atoms with Gasteiger partial charge >= 0.3 is 6.09 Å². The minimum Gasteiger partial charge on any atom is -0.444 e. The van der Waals surface area contributed by atoms with Gasteiger partial charge in [0.05, 0.1) is 5.69 Å². The van der Waals surface area contributed by atoms with Gasteiger partial charge in [-0.1, -0.05) is 0 Å². The first kappa shape index (κ1) is 19.5. The van der Waals surface area contributed by atoms with Gasteiger partial charge in [-0.2, -0.15) is 0 Å². The Kier molecular flexibility index (Phi) is 6.64. The predicted octanol–water partition coefficient (Wildman–Crippen LogP) is 3.20. The summed E-state index contributed by atoms with van der Waals surface area (Å²) in [4.78, 5) is 18.4. The Labute approximate surface area is 150 Å². The number of carbonyl (C=O) groups is 1. The van der Waals surface area contributed by atoms with Crippen LogP contribution in [0.1, 0.15) is 45.6 Å². The van der Waals surface area contributed by atoms with Crippen LogP contribution in [0.4, 0.5) is 10.5 Å². The van der Waals surface area contributed by atoms with Gasteiger partial charge in [0.25, 0.3) is 0 Å². The maximum atomic E-state index is 12.4. The van der Waals surface area contributed by atoms with Crippen molar-refractivity contribution in [3.05, 3.63) is 24.0 Å². The number of hydrogen-bond acceptors (Lipinski definition) is 5. The molecule has 2 rings (SSSR count). The fourth-order valence-electron chi connectivity index (χ4n) is 3.21. The molecule has 1 aliphatic rings. The third kappa shape index (κ3) is 6.20. The van der Waals surface area contributed by atoms with Crippen molar-refractivity contribution < 1.29 is 14.6 Å². The number of amides is 1. The first-order chi connectivity index (χ1) is 11.8. The molecule has 2 unspecified atom stereocenters. The minimum atomic E-state index is -0.486. The predicted molar refractivity (Wildman–Crippen MR) is 98.6 cm³/mol. The van der Waals surface area contributed by atoms with Crippen molar-refractivity contribution in [2.75, 3.05) is 25.0 Å². The standard InChI is InChI=1S/C19H31N3O3/c1-14-10-16(12-20-11-14)21-17-7-8-22(13-15(17)6-5-9-23)18(24)25-19(2,3)4/h10-12,15,17,21,23H,5-9,13H2,1-4H3. The molecule has 0 saturated carbocycles. The van der Waals surface area contributed by atoms with Gasteiger partial charge in [-0.25, -0.2) is 4.79 Å². The zero-order valence-corrected chi connectivity index (χ0v) is 15.8. The zero-order valence-electron chi connectivity index (χ0n) is 15.8. The molecule has 1 amide bonds. The van der Waals surface area contributed by atoms with Crippen LogP contribution in [0.5, 0.6) is 0 Å². The summed E-state index contributed by atoms with van der Waals surface area (Å²) in [6.07, 6.45) is 5.86. The summed E-state index contributed by atoms with van der Waals surface area (Å²) in [5.74, 6) is 0.272. The van der Waals surface area contributed by atoms with E-state index in [1.807, 2.05) is 40.1 Å². The number of aliphatic hydroxyl groups excluding tert-OH is 1. The van der Waals surface area contributed by atoms with Crippen molar-refractivity contribution in [1.29, 1.82) is 0 Å². The SMILES string of the molecule is Cc1cncc(NC2CCN(C(=O)OC(C)(C)C)CC2CCCO)c1. The van der Waals surface area contributed by atoms with Crippen LogP contribution >= 0.6 is 0 Å². The molecule has 2 heterocycles. The Morgan fingerprint density at radius 3 is 2.84 bits per heavy atom. The molecule has 6 heteroatoms. The summed E-state index contributed by atoms with van der Waals surface area (Å²) >= 11 is 0. The molecule has 2 atom stereocenters. The van der Waals surface area contributed by atoms with Crippen LogP contribution in [0.3, 0.4) is 0 Å². The Morgan fingerprint density at radius 1 is 1.44 bits per heavy atom. The van der Waals surface area contributed by atoms with Crippen LogP contribution in [0, 0.1) is 12.8 Å². The van der Waals surface area contributed by atoms with E-state index >= 15 is 0 Å². The van der Waals surface area contributed by atoms with Crippen LogP contribution in [0.25, 0.3) is 0 Å². The number of hydrogen-bond donors (Lipinski definition) is 2. The quantitative estimate of drug-likeness (QED) is 0.854. The van der Waals surface area contributed by atoms with Gasteiger partial charge in [-0.05, 0) is 64.5 Å². The van der Waals surface area contributed by atoms with E-state index in [1.54, 1.807) is 4.90 Å². The molecule has 1 fully saturated rings. The van der Waals surface area contributed by atoms with E-state index in [-0.39, 0.29) is 24.7 Å². The number of nitrogens with one attached hydrogen (secondary N) is 1. The van der Waals surface area contributed by atoms with Gasteiger partial charge in [0.2, 0.25) is 0 Å². The monoisotopic (exact) mass is 349 g/mol. The summed E-state index contributed by atoms with van der Waals surface area (Å²) in [6, 6.07) is 2.34. The maximum Gasteiger partial charge on any atom is 0.410 e. The first-order valence-electron chi connectivity index (χ1n) is 9.05. The van der Waals surface area contributed by atoms with Crippen molar-refractivity contribution in [2.45, 2.75) is 58.6 Å². The van der Waals surface area contributed by atoms with Crippen molar-refractivity contribution in [1.82, 2.24) is 9.88 Å².